The molecule has 6 nitrogen and oxygen atoms in total. The Morgan fingerprint density at radius 3 is 0.369 bits per heavy atom. The second-order valence-electron chi connectivity index (χ2n) is 32.6. The Kier molecular flexibility index (Phi) is 81.2. The van der Waals surface area contributed by atoms with Gasteiger partial charge in [-0.1, -0.05) is 526 Å². The third-order valence-electron chi connectivity index (χ3n) is 22.6. The van der Waals surface area contributed by atoms with E-state index in [-0.39, 0.29) is 32.8 Å². The van der Waals surface area contributed by atoms with Crippen LogP contribution in [-0.2, 0) is 33.1 Å². The van der Waals surface area contributed by atoms with Crippen molar-refractivity contribution in [2.75, 3.05) is 0 Å². The van der Waals surface area contributed by atoms with Crippen molar-refractivity contribution in [1.82, 2.24) is 0 Å². The summed E-state index contributed by atoms with van der Waals surface area (Å²) in [5.74, 6) is 0. The molecule has 9 heteroatoms. The predicted molar refractivity (Wildman–Crippen MR) is 453 cm³/mol. The average molecular weight is 1490 g/mol. The second-order valence-corrected chi connectivity index (χ2v) is 35.3. The summed E-state index contributed by atoms with van der Waals surface area (Å²) < 4.78 is 66.1. The Balaban J connectivity index is 0.00000200. The SMILES string of the molecule is CCCCCCCCCCCCCCCCCCCCCCCCCCCCCCCCCCCCCCCCCc1ccc(S(=O)(=O)[O-])cc1.CCCCCCCCCCCCCCCCCCCCCCCCCCCCCCCCCCCCCCCCCc1ccc(S(=O)(=O)[O-])cc1.[Mg+2]. The van der Waals surface area contributed by atoms with Crippen LogP contribution in [-0.4, -0.2) is 49.0 Å². The van der Waals surface area contributed by atoms with Gasteiger partial charge in [-0.05, 0) is 61.1 Å². The molecule has 0 spiro atoms. The van der Waals surface area contributed by atoms with Gasteiger partial charge >= 0.3 is 23.1 Å². The maximum atomic E-state index is 11.0. The molecule has 0 heterocycles. The first-order valence-electron chi connectivity index (χ1n) is 46.2. The van der Waals surface area contributed by atoms with E-state index in [9.17, 15) is 25.9 Å². The summed E-state index contributed by atoms with van der Waals surface area (Å²) in [6, 6.07) is 12.8. The molecule has 2 aromatic rings. The fraction of sp³-hybridized carbons (Fsp3) is 0.872. The van der Waals surface area contributed by atoms with Crippen LogP contribution in [0.15, 0.2) is 58.3 Å². The molecule has 0 aliphatic carbocycles. The molecule has 600 valence electrons. The molecule has 0 atom stereocenters. The molecule has 0 bridgehead atoms. The number of rotatable bonds is 82. The van der Waals surface area contributed by atoms with Gasteiger partial charge in [0.15, 0.2) is 0 Å². The summed E-state index contributed by atoms with van der Waals surface area (Å²) >= 11 is 0. The van der Waals surface area contributed by atoms with Crippen LogP contribution in [0.4, 0.5) is 0 Å². The molecule has 0 aliphatic rings. The Labute approximate surface area is 661 Å². The minimum atomic E-state index is -4.33. The van der Waals surface area contributed by atoms with Crippen molar-refractivity contribution in [2.45, 2.75) is 537 Å². The van der Waals surface area contributed by atoms with Gasteiger partial charge in [-0.25, -0.2) is 16.8 Å². The predicted octanol–water partition coefficient (Wildman–Crippen LogP) is 32.4. The first-order chi connectivity index (χ1) is 50.1. The molecule has 0 aromatic heterocycles. The number of hydrogen-bond acceptors (Lipinski definition) is 6. The van der Waals surface area contributed by atoms with E-state index >= 15 is 0 Å². The van der Waals surface area contributed by atoms with Crippen molar-refractivity contribution in [1.29, 1.82) is 0 Å². The largest absolute Gasteiger partial charge is 2.00 e. The molecule has 0 saturated heterocycles. The van der Waals surface area contributed by atoms with E-state index in [2.05, 4.69) is 13.8 Å². The molecule has 0 radical (unpaired) electrons. The summed E-state index contributed by atoms with van der Waals surface area (Å²) in [5, 5.41) is 0. The first-order valence-corrected chi connectivity index (χ1v) is 49.0. The van der Waals surface area contributed by atoms with Crippen LogP contribution in [0.25, 0.3) is 0 Å². The van der Waals surface area contributed by atoms with Gasteiger partial charge in [0.05, 0.1) is 9.79 Å². The monoisotopic (exact) mass is 1490 g/mol. The van der Waals surface area contributed by atoms with Crippen LogP contribution in [0.5, 0.6) is 0 Å². The van der Waals surface area contributed by atoms with E-state index in [4.69, 9.17) is 0 Å². The molecule has 103 heavy (non-hydrogen) atoms. The Morgan fingerprint density at radius 1 is 0.175 bits per heavy atom. The van der Waals surface area contributed by atoms with E-state index in [1.54, 1.807) is 24.3 Å². The number of hydrogen-bond donors (Lipinski definition) is 0. The normalized spacial score (nSPS) is 11.8. The Bertz CT molecular complexity index is 2010. The third-order valence-corrected chi connectivity index (χ3v) is 24.3. The number of unbranched alkanes of at least 4 members (excludes halogenated alkanes) is 76. The zero-order chi connectivity index (χ0) is 73.5. The Hall–Kier alpha value is -0.974. The van der Waals surface area contributed by atoms with E-state index in [1.807, 2.05) is 0 Å². The van der Waals surface area contributed by atoms with Crippen molar-refractivity contribution >= 4 is 43.3 Å². The maximum absolute atomic E-state index is 11.0. The van der Waals surface area contributed by atoms with Gasteiger partial charge in [0, 0.05) is 0 Å². The van der Waals surface area contributed by atoms with Gasteiger partial charge < -0.3 is 9.11 Å². The zero-order valence-electron chi connectivity index (χ0n) is 69.2. The standard InChI is InChI=1S/2C47H88O3S.Mg/c2*1-2-3-4-5-6-7-8-9-10-11-12-13-14-15-16-17-18-19-20-21-22-23-24-25-26-27-28-29-30-31-32-33-34-35-36-37-38-39-40-41-46-42-44-47(45-43-46)51(48,49)50;/h2*42-45H,2-41H2,1H3,(H,48,49,50);/q;;+2/p-2. The van der Waals surface area contributed by atoms with Gasteiger partial charge in [-0.2, -0.15) is 0 Å². The molecule has 0 N–H and O–H groups in total. The molecule has 0 aliphatic heterocycles. The summed E-state index contributed by atoms with van der Waals surface area (Å²) in [6.07, 6.45) is 114. The average Bonchev–Trinajstić information content (AvgIpc) is 0.873. The van der Waals surface area contributed by atoms with Gasteiger partial charge in [0.25, 0.3) is 0 Å². The third kappa shape index (κ3) is 77.5. The van der Waals surface area contributed by atoms with Crippen LogP contribution >= 0.6 is 0 Å². The van der Waals surface area contributed by atoms with Crippen LogP contribution in [0.3, 0.4) is 0 Å². The van der Waals surface area contributed by atoms with Gasteiger partial charge in [0.2, 0.25) is 0 Å². The van der Waals surface area contributed by atoms with E-state index in [1.165, 1.54) is 512 Å². The summed E-state index contributed by atoms with van der Waals surface area (Å²) in [5.41, 5.74) is 2.23. The molecule has 0 unspecified atom stereocenters. The maximum Gasteiger partial charge on any atom is 2.00 e. The molecular formula is C94H174MgO6S2. The minimum absolute atomic E-state index is 0. The van der Waals surface area contributed by atoms with Crippen molar-refractivity contribution < 1.29 is 25.9 Å². The van der Waals surface area contributed by atoms with Gasteiger partial charge in [-0.3, -0.25) is 0 Å². The fourth-order valence-electron chi connectivity index (χ4n) is 15.5. The molecule has 2 aromatic carbocycles. The van der Waals surface area contributed by atoms with Crippen LogP contribution in [0.2, 0.25) is 0 Å². The minimum Gasteiger partial charge on any atom is -0.744 e. The molecule has 2 rings (SSSR count). The van der Waals surface area contributed by atoms with E-state index in [0.29, 0.717) is 0 Å². The fourth-order valence-corrected chi connectivity index (χ4v) is 16.5. The van der Waals surface area contributed by atoms with Gasteiger partial charge in [0.1, 0.15) is 20.2 Å². The topological polar surface area (TPSA) is 114 Å². The smallest absolute Gasteiger partial charge is 0.744 e. The summed E-state index contributed by atoms with van der Waals surface area (Å²) in [4.78, 5) is -0.263. The summed E-state index contributed by atoms with van der Waals surface area (Å²) in [7, 11) is -8.67. The van der Waals surface area contributed by atoms with Crippen LogP contribution in [0, 0.1) is 0 Å². The van der Waals surface area contributed by atoms with Crippen molar-refractivity contribution in [3.63, 3.8) is 0 Å². The molecular weight excluding hydrogens is 1310 g/mol. The Morgan fingerprint density at radius 2 is 0.272 bits per heavy atom. The van der Waals surface area contributed by atoms with Gasteiger partial charge in [-0.15, -0.1) is 0 Å². The molecule has 0 fully saturated rings. The van der Waals surface area contributed by atoms with Crippen molar-refractivity contribution in [3.8, 4) is 0 Å². The van der Waals surface area contributed by atoms with Crippen LogP contribution in [0.1, 0.15) is 526 Å². The van der Waals surface area contributed by atoms with Crippen molar-refractivity contribution in [2.24, 2.45) is 0 Å². The second kappa shape index (κ2) is 82.0. The number of benzene rings is 2. The molecule has 0 saturated carbocycles. The van der Waals surface area contributed by atoms with E-state index in [0.717, 1.165) is 36.8 Å². The zero-order valence-corrected chi connectivity index (χ0v) is 72.2. The van der Waals surface area contributed by atoms with Crippen LogP contribution < -0.4 is 0 Å². The molecule has 0 amide bonds. The quantitative estimate of drug-likeness (QED) is 0.0370. The summed E-state index contributed by atoms with van der Waals surface area (Å²) in [6.45, 7) is 4.61. The first kappa shape index (κ1) is 102. The van der Waals surface area contributed by atoms with Crippen molar-refractivity contribution in [3.05, 3.63) is 59.7 Å². The van der Waals surface area contributed by atoms with E-state index < -0.39 is 20.2 Å². The number of aryl methyl sites for hydroxylation is 2.